The molecule has 0 spiro atoms. The maximum absolute atomic E-state index is 6.16. The first-order chi connectivity index (χ1) is 10.8. The Balaban J connectivity index is 1.50. The van der Waals surface area contributed by atoms with Crippen LogP contribution in [-0.2, 0) is 4.74 Å². The first-order valence-corrected chi connectivity index (χ1v) is 10.4. The van der Waals surface area contributed by atoms with Gasteiger partial charge in [-0.2, -0.15) is 0 Å². The van der Waals surface area contributed by atoms with E-state index < -0.39 is 0 Å². The summed E-state index contributed by atoms with van der Waals surface area (Å²) in [7, 11) is 0. The molecule has 0 heterocycles. The molecule has 0 aromatic carbocycles. The van der Waals surface area contributed by atoms with Crippen LogP contribution < -0.4 is 0 Å². The van der Waals surface area contributed by atoms with Crippen LogP contribution in [0.1, 0.15) is 90.9 Å². The molecule has 0 aliphatic heterocycles. The second-order valence-corrected chi connectivity index (χ2v) is 8.55. The molecule has 1 heteroatoms. The average Bonchev–Trinajstić information content (AvgIpc) is 2.55. The van der Waals surface area contributed by atoms with Gasteiger partial charge < -0.3 is 4.74 Å². The molecule has 3 aliphatic carbocycles. The van der Waals surface area contributed by atoms with E-state index in [0.29, 0.717) is 6.10 Å². The summed E-state index contributed by atoms with van der Waals surface area (Å²) in [4.78, 5) is 0. The lowest BCUT2D eigenvalue weighted by molar-refractivity contribution is -0.0536. The summed E-state index contributed by atoms with van der Waals surface area (Å²) >= 11 is 0. The van der Waals surface area contributed by atoms with E-state index in [4.69, 9.17) is 4.74 Å². The molecule has 0 aromatic heterocycles. The minimum absolute atomic E-state index is 0.598. The summed E-state index contributed by atoms with van der Waals surface area (Å²) in [5, 5.41) is 0. The Morgan fingerprint density at radius 1 is 0.773 bits per heavy atom. The predicted octanol–water partition coefficient (Wildman–Crippen LogP) is 6.21. The van der Waals surface area contributed by atoms with Gasteiger partial charge in [0.05, 0.1) is 6.10 Å². The van der Waals surface area contributed by atoms with Crippen LogP contribution in [0.5, 0.6) is 0 Å². The largest absolute Gasteiger partial charge is 0.378 e. The third kappa shape index (κ3) is 3.89. The lowest BCUT2D eigenvalue weighted by atomic mass is 9.56. The van der Waals surface area contributed by atoms with E-state index in [1.807, 2.05) is 0 Å². The fourth-order valence-electron chi connectivity index (χ4n) is 6.06. The minimum atomic E-state index is 0.598. The summed E-state index contributed by atoms with van der Waals surface area (Å²) in [6, 6.07) is 0. The van der Waals surface area contributed by atoms with Crippen molar-refractivity contribution in [3.8, 4) is 0 Å². The molecule has 3 saturated carbocycles. The van der Waals surface area contributed by atoms with Gasteiger partial charge >= 0.3 is 0 Å². The molecule has 0 bridgehead atoms. The molecule has 4 unspecified atom stereocenters. The van der Waals surface area contributed by atoms with Crippen molar-refractivity contribution >= 4 is 0 Å². The van der Waals surface area contributed by atoms with Gasteiger partial charge in [-0.25, -0.2) is 0 Å². The Morgan fingerprint density at radius 3 is 2.23 bits per heavy atom. The maximum atomic E-state index is 6.16. The molecule has 3 fully saturated rings. The number of hydrogen-bond donors (Lipinski definition) is 0. The van der Waals surface area contributed by atoms with Gasteiger partial charge in [0.15, 0.2) is 0 Å². The topological polar surface area (TPSA) is 9.23 Å². The standard InChI is InChI=1S/C21H38O/c1-3-5-13-22-19-10-12-21-18(15-19)9-8-17-14-16(6-4-2)7-11-20(17)21/h16-21H,3-15H2,1-2H3/t16-,17?,18?,19-,20?,21?/m1/s1. The highest BCUT2D eigenvalue weighted by molar-refractivity contribution is 4.94. The molecular weight excluding hydrogens is 268 g/mol. The molecule has 22 heavy (non-hydrogen) atoms. The van der Waals surface area contributed by atoms with Gasteiger partial charge in [0.1, 0.15) is 0 Å². The maximum Gasteiger partial charge on any atom is 0.0578 e. The number of hydrogen-bond acceptors (Lipinski definition) is 1. The summed E-state index contributed by atoms with van der Waals surface area (Å²) < 4.78 is 6.16. The SMILES string of the molecule is CCCCO[C@@H]1CCC2C(CCC3C[C@H](CCC)CCC32)C1. The van der Waals surface area contributed by atoms with Gasteiger partial charge in [0.2, 0.25) is 0 Å². The van der Waals surface area contributed by atoms with Crippen LogP contribution in [0.25, 0.3) is 0 Å². The van der Waals surface area contributed by atoms with Gasteiger partial charge in [-0.15, -0.1) is 0 Å². The molecule has 3 aliphatic rings. The molecule has 1 nitrogen and oxygen atoms in total. The normalized spacial score (nSPS) is 41.7. The molecule has 6 atom stereocenters. The van der Waals surface area contributed by atoms with Gasteiger partial charge in [-0.1, -0.05) is 39.5 Å². The van der Waals surface area contributed by atoms with E-state index >= 15 is 0 Å². The van der Waals surface area contributed by atoms with E-state index in [1.54, 1.807) is 12.8 Å². The highest BCUT2D eigenvalue weighted by Gasteiger charge is 2.44. The van der Waals surface area contributed by atoms with Crippen molar-refractivity contribution in [2.45, 2.75) is 97.0 Å². The van der Waals surface area contributed by atoms with Crippen LogP contribution in [-0.4, -0.2) is 12.7 Å². The lowest BCUT2D eigenvalue weighted by Crippen LogP contribution is -2.42. The average molecular weight is 307 g/mol. The fourth-order valence-corrected chi connectivity index (χ4v) is 6.06. The Kier molecular flexibility index (Phi) is 6.24. The number of unbranched alkanes of at least 4 members (excludes halogenated alkanes) is 1. The van der Waals surface area contributed by atoms with E-state index in [9.17, 15) is 0 Å². The van der Waals surface area contributed by atoms with E-state index in [1.165, 1.54) is 64.2 Å². The number of ether oxygens (including phenoxy) is 1. The monoisotopic (exact) mass is 306 g/mol. The smallest absolute Gasteiger partial charge is 0.0578 e. The molecule has 0 N–H and O–H groups in total. The van der Waals surface area contributed by atoms with Crippen molar-refractivity contribution < 1.29 is 4.74 Å². The van der Waals surface area contributed by atoms with E-state index in [2.05, 4.69) is 13.8 Å². The summed E-state index contributed by atoms with van der Waals surface area (Å²) in [6.07, 6.45) is 17.9. The van der Waals surface area contributed by atoms with Crippen LogP contribution in [0.3, 0.4) is 0 Å². The second-order valence-electron chi connectivity index (χ2n) is 8.55. The predicted molar refractivity (Wildman–Crippen MR) is 93.9 cm³/mol. The van der Waals surface area contributed by atoms with Crippen molar-refractivity contribution in [2.24, 2.45) is 29.6 Å². The van der Waals surface area contributed by atoms with Crippen LogP contribution in [0, 0.1) is 29.6 Å². The summed E-state index contributed by atoms with van der Waals surface area (Å²) in [5.41, 5.74) is 0. The van der Waals surface area contributed by atoms with E-state index in [0.717, 1.165) is 36.2 Å². The zero-order chi connectivity index (χ0) is 15.4. The quantitative estimate of drug-likeness (QED) is 0.530. The number of fused-ring (bicyclic) bond motifs is 3. The van der Waals surface area contributed by atoms with Crippen LogP contribution >= 0.6 is 0 Å². The zero-order valence-electron chi connectivity index (χ0n) is 15.1. The van der Waals surface area contributed by atoms with Crippen molar-refractivity contribution in [1.29, 1.82) is 0 Å². The summed E-state index contributed by atoms with van der Waals surface area (Å²) in [6.45, 7) is 5.63. The van der Waals surface area contributed by atoms with Gasteiger partial charge in [-0.3, -0.25) is 0 Å². The highest BCUT2D eigenvalue weighted by Crippen LogP contribution is 2.53. The van der Waals surface area contributed by atoms with Crippen LogP contribution in [0.4, 0.5) is 0 Å². The van der Waals surface area contributed by atoms with Crippen molar-refractivity contribution in [3.05, 3.63) is 0 Å². The lowest BCUT2D eigenvalue weighted by Gasteiger charge is -2.50. The van der Waals surface area contributed by atoms with Gasteiger partial charge in [0.25, 0.3) is 0 Å². The van der Waals surface area contributed by atoms with Crippen molar-refractivity contribution in [1.82, 2.24) is 0 Å². The molecule has 128 valence electrons. The van der Waals surface area contributed by atoms with Crippen LogP contribution in [0.2, 0.25) is 0 Å². The Hall–Kier alpha value is -0.0400. The van der Waals surface area contributed by atoms with Crippen molar-refractivity contribution in [3.63, 3.8) is 0 Å². The highest BCUT2D eigenvalue weighted by atomic mass is 16.5. The molecule has 0 saturated heterocycles. The first-order valence-electron chi connectivity index (χ1n) is 10.4. The van der Waals surface area contributed by atoms with E-state index in [-0.39, 0.29) is 0 Å². The Bertz CT molecular complexity index is 326. The Labute approximate surface area is 138 Å². The van der Waals surface area contributed by atoms with Gasteiger partial charge in [0, 0.05) is 6.61 Å². The number of rotatable bonds is 6. The molecule has 3 rings (SSSR count). The molecule has 0 radical (unpaired) electrons. The third-order valence-electron chi connectivity index (χ3n) is 7.15. The van der Waals surface area contributed by atoms with Crippen molar-refractivity contribution in [2.75, 3.05) is 6.61 Å². The van der Waals surface area contributed by atoms with Gasteiger partial charge in [-0.05, 0) is 81.0 Å². The molecule has 0 amide bonds. The first kappa shape index (κ1) is 16.8. The third-order valence-corrected chi connectivity index (χ3v) is 7.15. The summed E-state index contributed by atoms with van der Waals surface area (Å²) in [5.74, 6) is 5.31. The zero-order valence-corrected chi connectivity index (χ0v) is 15.1. The second kappa shape index (κ2) is 8.18. The Morgan fingerprint density at radius 2 is 1.50 bits per heavy atom. The minimum Gasteiger partial charge on any atom is -0.378 e. The fraction of sp³-hybridized carbons (Fsp3) is 1.00. The van der Waals surface area contributed by atoms with Crippen LogP contribution in [0.15, 0.2) is 0 Å². The molecule has 0 aromatic rings. The molecular formula is C21H38O.